The number of aromatic carboxylic acids is 1. The number of nitrogens with zero attached hydrogens (tertiary/aromatic N) is 2. The summed E-state index contributed by atoms with van der Waals surface area (Å²) < 4.78 is 46.0. The second-order valence-electron chi connectivity index (χ2n) is 7.39. The Morgan fingerprint density at radius 1 is 1.03 bits per heavy atom. The Bertz CT molecular complexity index is 1290. The Balaban J connectivity index is 2.05. The van der Waals surface area contributed by atoms with Crippen LogP contribution in [0.2, 0.25) is 0 Å². The minimum Gasteiger partial charge on any atom is -0.496 e. The average Bonchev–Trinajstić information content (AvgIpc) is 3.22. The van der Waals surface area contributed by atoms with Crippen LogP contribution in [-0.4, -0.2) is 48.0 Å². The predicted molar refractivity (Wildman–Crippen MR) is 116 cm³/mol. The molecule has 0 saturated carbocycles. The van der Waals surface area contributed by atoms with Crippen LogP contribution in [0.25, 0.3) is 16.9 Å². The minimum atomic E-state index is -4.40. The van der Waals surface area contributed by atoms with Gasteiger partial charge in [-0.3, -0.25) is 4.55 Å². The maximum absolute atomic E-state index is 11.9. The summed E-state index contributed by atoms with van der Waals surface area (Å²) in [6, 6.07) is 9.51. The fourth-order valence-corrected chi connectivity index (χ4v) is 4.98. The van der Waals surface area contributed by atoms with Crippen molar-refractivity contribution in [2.75, 3.05) is 14.2 Å². The summed E-state index contributed by atoms with van der Waals surface area (Å²) in [4.78, 5) is 11.6. The van der Waals surface area contributed by atoms with Crippen LogP contribution in [0.3, 0.4) is 0 Å². The molecule has 1 heterocycles. The van der Waals surface area contributed by atoms with E-state index < -0.39 is 16.1 Å². The van der Waals surface area contributed by atoms with Crippen LogP contribution in [-0.2, 0) is 23.0 Å². The Hall–Kier alpha value is -3.37. The number of carboxylic acids is 1. The molecule has 0 fully saturated rings. The van der Waals surface area contributed by atoms with Crippen LogP contribution in [0.1, 0.15) is 34.5 Å². The van der Waals surface area contributed by atoms with Crippen molar-refractivity contribution in [1.82, 2.24) is 9.78 Å². The van der Waals surface area contributed by atoms with Gasteiger partial charge in [0.2, 0.25) is 0 Å². The zero-order valence-electron chi connectivity index (χ0n) is 17.5. The van der Waals surface area contributed by atoms with E-state index >= 15 is 0 Å². The zero-order valence-corrected chi connectivity index (χ0v) is 18.3. The summed E-state index contributed by atoms with van der Waals surface area (Å²) in [6.07, 6.45) is 2.67. The number of carboxylic acid groups (broad SMARTS) is 1. The largest absolute Gasteiger partial charge is 0.496 e. The number of benzene rings is 2. The van der Waals surface area contributed by atoms with Gasteiger partial charge in [-0.2, -0.15) is 13.5 Å². The first-order valence-corrected chi connectivity index (χ1v) is 11.4. The van der Waals surface area contributed by atoms with Crippen molar-refractivity contribution in [1.29, 1.82) is 0 Å². The van der Waals surface area contributed by atoms with Gasteiger partial charge in [0.05, 0.1) is 36.1 Å². The lowest BCUT2D eigenvalue weighted by atomic mass is 9.90. The highest BCUT2D eigenvalue weighted by Gasteiger charge is 2.27. The molecule has 0 spiro atoms. The Kier molecular flexibility index (Phi) is 5.66. The molecule has 0 saturated heterocycles. The molecule has 1 aliphatic carbocycles. The second kappa shape index (κ2) is 8.29. The normalized spacial score (nSPS) is 13.5. The maximum atomic E-state index is 11.9. The smallest absolute Gasteiger partial charge is 0.356 e. The van der Waals surface area contributed by atoms with Gasteiger partial charge in [0.15, 0.2) is 5.69 Å². The first-order chi connectivity index (χ1) is 15.3. The number of ether oxygens (including phenoxy) is 2. The molecule has 0 bridgehead atoms. The van der Waals surface area contributed by atoms with Crippen molar-refractivity contribution in [2.45, 2.75) is 30.6 Å². The molecule has 0 unspecified atom stereocenters. The number of fused-ring (bicyclic) bond motifs is 1. The van der Waals surface area contributed by atoms with E-state index in [4.69, 9.17) is 9.47 Å². The molecule has 9 nitrogen and oxygen atoms in total. The van der Waals surface area contributed by atoms with E-state index in [1.165, 1.54) is 37.1 Å². The summed E-state index contributed by atoms with van der Waals surface area (Å²) in [5, 5.41) is 13.9. The van der Waals surface area contributed by atoms with E-state index in [1.807, 2.05) is 0 Å². The van der Waals surface area contributed by atoms with Gasteiger partial charge in [-0.25, -0.2) is 9.48 Å². The number of methoxy groups -OCH3 is 2. The summed E-state index contributed by atoms with van der Waals surface area (Å²) in [6.45, 7) is 0. The van der Waals surface area contributed by atoms with Gasteiger partial charge in [-0.1, -0.05) is 6.07 Å². The quantitative estimate of drug-likeness (QED) is 0.538. The van der Waals surface area contributed by atoms with Gasteiger partial charge in [0.1, 0.15) is 11.5 Å². The molecule has 10 heteroatoms. The van der Waals surface area contributed by atoms with E-state index in [0.29, 0.717) is 52.4 Å². The average molecular weight is 458 g/mol. The van der Waals surface area contributed by atoms with Gasteiger partial charge in [0.25, 0.3) is 10.1 Å². The van der Waals surface area contributed by atoms with Crippen LogP contribution in [0.5, 0.6) is 11.5 Å². The molecular weight excluding hydrogens is 436 g/mol. The third kappa shape index (κ3) is 3.71. The highest BCUT2D eigenvalue weighted by molar-refractivity contribution is 7.85. The predicted octanol–water partition coefficient (Wildman–Crippen LogP) is 3.38. The fraction of sp³-hybridized carbons (Fsp3) is 0.273. The summed E-state index contributed by atoms with van der Waals surface area (Å²) in [5.74, 6) is -0.279. The molecule has 1 aliphatic rings. The monoisotopic (exact) mass is 458 g/mol. The van der Waals surface area contributed by atoms with Gasteiger partial charge >= 0.3 is 5.97 Å². The fourth-order valence-electron chi connectivity index (χ4n) is 4.21. The lowest BCUT2D eigenvalue weighted by Crippen LogP contribution is -2.15. The third-order valence-corrected chi connectivity index (χ3v) is 6.52. The molecule has 0 aliphatic heterocycles. The third-order valence-electron chi connectivity index (χ3n) is 5.59. The lowest BCUT2D eigenvalue weighted by molar-refractivity contribution is 0.0690. The van der Waals surface area contributed by atoms with Crippen molar-refractivity contribution >= 4 is 16.1 Å². The number of rotatable bonds is 6. The maximum Gasteiger partial charge on any atom is 0.356 e. The first-order valence-electron chi connectivity index (χ1n) is 9.93. The van der Waals surface area contributed by atoms with E-state index in [9.17, 15) is 22.9 Å². The standard InChI is InChI=1S/C22H22N2O7S/c1-30-18-8-5-9-19(31-2)21(18)17-12-15(22(25)26)23-24(17)16-10-11-20(32(27,28)29)14-7-4-3-6-13(14)16/h5,8-12H,3-4,6-7H2,1-2H3,(H,25,26)(H,27,28,29). The minimum absolute atomic E-state index is 0.127. The zero-order chi connectivity index (χ0) is 23.0. The van der Waals surface area contributed by atoms with E-state index in [-0.39, 0.29) is 10.6 Å². The Labute approximate surface area is 185 Å². The lowest BCUT2D eigenvalue weighted by Gasteiger charge is -2.23. The van der Waals surface area contributed by atoms with Crippen molar-refractivity contribution < 1.29 is 32.3 Å². The Morgan fingerprint density at radius 3 is 2.22 bits per heavy atom. The second-order valence-corrected chi connectivity index (χ2v) is 8.78. The molecule has 32 heavy (non-hydrogen) atoms. The summed E-state index contributed by atoms with van der Waals surface area (Å²) in [7, 11) is -1.40. The molecule has 0 radical (unpaired) electrons. The van der Waals surface area contributed by atoms with Crippen LogP contribution in [0.15, 0.2) is 41.3 Å². The van der Waals surface area contributed by atoms with Gasteiger partial charge < -0.3 is 14.6 Å². The molecule has 2 aromatic carbocycles. The van der Waals surface area contributed by atoms with E-state index in [2.05, 4.69) is 5.10 Å². The topological polar surface area (TPSA) is 128 Å². The molecular formula is C22H22N2O7S. The van der Waals surface area contributed by atoms with Crippen molar-refractivity contribution in [3.63, 3.8) is 0 Å². The van der Waals surface area contributed by atoms with Crippen molar-refractivity contribution in [3.05, 3.63) is 53.2 Å². The number of hydrogen-bond acceptors (Lipinski definition) is 6. The van der Waals surface area contributed by atoms with Crippen LogP contribution in [0.4, 0.5) is 0 Å². The van der Waals surface area contributed by atoms with Crippen LogP contribution < -0.4 is 9.47 Å². The number of carbonyl (C=O) groups is 1. The SMILES string of the molecule is COc1cccc(OC)c1-c1cc(C(=O)O)nn1-c1ccc(S(=O)(=O)O)c2c1CCCC2. The number of aromatic nitrogens is 2. The molecule has 0 amide bonds. The molecule has 168 valence electrons. The molecule has 2 N–H and O–H groups in total. The first kappa shape index (κ1) is 21.8. The van der Waals surface area contributed by atoms with Gasteiger partial charge in [0, 0.05) is 0 Å². The highest BCUT2D eigenvalue weighted by atomic mass is 32.2. The number of hydrogen-bond donors (Lipinski definition) is 2. The van der Waals surface area contributed by atoms with Crippen molar-refractivity contribution in [2.24, 2.45) is 0 Å². The highest BCUT2D eigenvalue weighted by Crippen LogP contribution is 2.41. The Morgan fingerprint density at radius 2 is 1.66 bits per heavy atom. The summed E-state index contributed by atoms with van der Waals surface area (Å²) >= 11 is 0. The van der Waals surface area contributed by atoms with Gasteiger partial charge in [-0.05, 0) is 67.1 Å². The summed E-state index contributed by atoms with van der Waals surface area (Å²) in [5.41, 5.74) is 2.53. The van der Waals surface area contributed by atoms with E-state index in [0.717, 1.165) is 12.8 Å². The van der Waals surface area contributed by atoms with Crippen LogP contribution in [0, 0.1) is 0 Å². The molecule has 1 aromatic heterocycles. The van der Waals surface area contributed by atoms with Gasteiger partial charge in [-0.15, -0.1) is 0 Å². The molecule has 3 aromatic rings. The van der Waals surface area contributed by atoms with E-state index in [1.54, 1.807) is 18.2 Å². The molecule has 4 rings (SSSR count). The van der Waals surface area contributed by atoms with Crippen LogP contribution >= 0.6 is 0 Å². The molecule has 0 atom stereocenters. The van der Waals surface area contributed by atoms with Crippen molar-refractivity contribution in [3.8, 4) is 28.4 Å².